The third-order valence-corrected chi connectivity index (χ3v) is 5.00. The van der Waals surface area contributed by atoms with Crippen LogP contribution in [0.2, 0.25) is 0 Å². The molecule has 1 unspecified atom stereocenters. The van der Waals surface area contributed by atoms with Gasteiger partial charge in [-0.1, -0.05) is 6.92 Å². The van der Waals surface area contributed by atoms with Crippen LogP contribution in [0.4, 0.5) is 0 Å². The summed E-state index contributed by atoms with van der Waals surface area (Å²) in [6.45, 7) is 4.13. The van der Waals surface area contributed by atoms with Crippen LogP contribution in [-0.4, -0.2) is 14.9 Å². The number of hydrogen-bond donors (Lipinski definition) is 1. The lowest BCUT2D eigenvalue weighted by Crippen LogP contribution is -2.05. The van der Waals surface area contributed by atoms with E-state index in [0.29, 0.717) is 6.42 Å². The van der Waals surface area contributed by atoms with Crippen molar-refractivity contribution in [3.8, 4) is 0 Å². The van der Waals surface area contributed by atoms with Gasteiger partial charge in [-0.2, -0.15) is 5.10 Å². The van der Waals surface area contributed by atoms with E-state index < -0.39 is 6.10 Å². The fourth-order valence-electron chi connectivity index (χ4n) is 1.96. The van der Waals surface area contributed by atoms with E-state index in [4.69, 9.17) is 0 Å². The Morgan fingerprint density at radius 2 is 2.22 bits per heavy atom. The molecule has 98 valence electrons. The van der Waals surface area contributed by atoms with Gasteiger partial charge in [-0.3, -0.25) is 4.68 Å². The largest absolute Gasteiger partial charge is 0.387 e. The lowest BCUT2D eigenvalue weighted by atomic mass is 10.1. The SMILES string of the molecule is CCc1nn(C)c(CC(O)c2ccc(C)s2)c1Br. The Balaban J connectivity index is 2.21. The molecule has 0 aliphatic rings. The molecule has 5 heteroatoms. The molecule has 1 atom stereocenters. The minimum atomic E-state index is -0.458. The fraction of sp³-hybridized carbons (Fsp3) is 0.462. The molecule has 2 aromatic heterocycles. The average Bonchev–Trinajstić information content (AvgIpc) is 2.87. The standard InChI is InChI=1S/C13H17BrN2OS/c1-4-9-13(14)10(16(3)15-9)7-11(17)12-6-5-8(2)18-12/h5-6,11,17H,4,7H2,1-3H3. The van der Waals surface area contributed by atoms with Crippen LogP contribution in [0.15, 0.2) is 16.6 Å². The third-order valence-electron chi connectivity index (χ3n) is 2.98. The van der Waals surface area contributed by atoms with Crippen LogP contribution in [0.1, 0.15) is 34.2 Å². The molecule has 2 rings (SSSR count). The van der Waals surface area contributed by atoms with Crippen LogP contribution >= 0.6 is 27.3 Å². The number of aromatic nitrogens is 2. The molecule has 1 N–H and O–H groups in total. The summed E-state index contributed by atoms with van der Waals surface area (Å²) in [7, 11) is 1.92. The number of nitrogens with zero attached hydrogens (tertiary/aromatic N) is 2. The monoisotopic (exact) mass is 328 g/mol. The highest BCUT2D eigenvalue weighted by atomic mass is 79.9. The summed E-state index contributed by atoms with van der Waals surface area (Å²) < 4.78 is 2.88. The summed E-state index contributed by atoms with van der Waals surface area (Å²) in [5, 5.41) is 14.7. The van der Waals surface area contributed by atoms with Crippen LogP contribution in [0.5, 0.6) is 0 Å². The maximum atomic E-state index is 10.3. The highest BCUT2D eigenvalue weighted by Gasteiger charge is 2.18. The van der Waals surface area contributed by atoms with Crippen molar-refractivity contribution < 1.29 is 5.11 Å². The van der Waals surface area contributed by atoms with Crippen LogP contribution in [0.3, 0.4) is 0 Å². The van der Waals surface area contributed by atoms with Crippen LogP contribution < -0.4 is 0 Å². The first-order valence-corrected chi connectivity index (χ1v) is 7.58. The highest BCUT2D eigenvalue weighted by molar-refractivity contribution is 9.10. The highest BCUT2D eigenvalue weighted by Crippen LogP contribution is 2.29. The Bertz CT molecular complexity index is 547. The van der Waals surface area contributed by atoms with Crippen molar-refractivity contribution in [1.82, 2.24) is 9.78 Å². The Labute approximate surface area is 120 Å². The first-order chi connectivity index (χ1) is 8.52. The molecule has 2 aromatic rings. The molecule has 0 aromatic carbocycles. The van der Waals surface area contributed by atoms with Gasteiger partial charge in [-0.15, -0.1) is 11.3 Å². The van der Waals surface area contributed by atoms with Gasteiger partial charge in [0, 0.05) is 23.2 Å². The molecule has 0 aliphatic heterocycles. The topological polar surface area (TPSA) is 38.0 Å². The van der Waals surface area contributed by atoms with Crippen LogP contribution in [0.25, 0.3) is 0 Å². The van der Waals surface area contributed by atoms with E-state index in [0.717, 1.165) is 27.2 Å². The molecule has 0 aliphatic carbocycles. The lowest BCUT2D eigenvalue weighted by Gasteiger charge is -2.09. The summed E-state index contributed by atoms with van der Waals surface area (Å²) in [4.78, 5) is 2.24. The van der Waals surface area contributed by atoms with E-state index in [1.807, 2.05) is 23.9 Å². The second kappa shape index (κ2) is 5.55. The maximum absolute atomic E-state index is 10.3. The van der Waals surface area contributed by atoms with Crippen molar-refractivity contribution >= 4 is 27.3 Å². The van der Waals surface area contributed by atoms with Crippen LogP contribution in [-0.2, 0) is 19.9 Å². The maximum Gasteiger partial charge on any atom is 0.0937 e. The van der Waals surface area contributed by atoms with Gasteiger partial charge in [-0.05, 0) is 41.4 Å². The Kier molecular flexibility index (Phi) is 4.25. The molecule has 0 saturated heterocycles. The van der Waals surface area contributed by atoms with Gasteiger partial charge < -0.3 is 5.11 Å². The van der Waals surface area contributed by atoms with Crippen molar-refractivity contribution in [1.29, 1.82) is 0 Å². The summed E-state index contributed by atoms with van der Waals surface area (Å²) in [5.41, 5.74) is 2.09. The van der Waals surface area contributed by atoms with E-state index in [-0.39, 0.29) is 0 Å². The lowest BCUT2D eigenvalue weighted by molar-refractivity contribution is 0.179. The Morgan fingerprint density at radius 1 is 1.50 bits per heavy atom. The average molecular weight is 329 g/mol. The summed E-state index contributed by atoms with van der Waals surface area (Å²) in [6.07, 6.45) is 1.02. The second-order valence-corrected chi connectivity index (χ2v) is 6.47. The van der Waals surface area contributed by atoms with Gasteiger partial charge in [0.1, 0.15) is 0 Å². The van der Waals surface area contributed by atoms with Gasteiger partial charge in [0.25, 0.3) is 0 Å². The first kappa shape index (κ1) is 13.8. The number of thiophene rings is 1. The fourth-order valence-corrected chi connectivity index (χ4v) is 3.60. The predicted octanol–water partition coefficient (Wildman–Crippen LogP) is 3.39. The van der Waals surface area contributed by atoms with Crippen molar-refractivity contribution in [2.75, 3.05) is 0 Å². The molecule has 0 radical (unpaired) electrons. The smallest absolute Gasteiger partial charge is 0.0937 e. The molecule has 0 amide bonds. The Morgan fingerprint density at radius 3 is 2.72 bits per heavy atom. The summed E-state index contributed by atoms with van der Waals surface area (Å²) >= 11 is 5.22. The van der Waals surface area contributed by atoms with E-state index in [1.165, 1.54) is 4.88 Å². The van der Waals surface area contributed by atoms with E-state index in [9.17, 15) is 5.11 Å². The zero-order valence-corrected chi connectivity index (χ0v) is 13.2. The molecule has 0 saturated carbocycles. The molecule has 18 heavy (non-hydrogen) atoms. The van der Waals surface area contributed by atoms with Gasteiger partial charge in [0.15, 0.2) is 0 Å². The second-order valence-electron chi connectivity index (χ2n) is 4.35. The van der Waals surface area contributed by atoms with E-state index in [2.05, 4.69) is 34.9 Å². The molecular weight excluding hydrogens is 312 g/mol. The summed E-state index contributed by atoms with van der Waals surface area (Å²) in [6, 6.07) is 4.04. The minimum Gasteiger partial charge on any atom is -0.387 e. The van der Waals surface area contributed by atoms with Gasteiger partial charge in [0.05, 0.1) is 22.0 Å². The third kappa shape index (κ3) is 2.68. The molecule has 3 nitrogen and oxygen atoms in total. The van der Waals surface area contributed by atoms with Crippen LogP contribution in [0, 0.1) is 6.92 Å². The van der Waals surface area contributed by atoms with E-state index >= 15 is 0 Å². The number of aliphatic hydroxyl groups excluding tert-OH is 1. The van der Waals surface area contributed by atoms with Crippen molar-refractivity contribution in [3.63, 3.8) is 0 Å². The van der Waals surface area contributed by atoms with Gasteiger partial charge in [0.2, 0.25) is 0 Å². The first-order valence-electron chi connectivity index (χ1n) is 5.97. The summed E-state index contributed by atoms with van der Waals surface area (Å²) in [5.74, 6) is 0. The molecule has 0 spiro atoms. The van der Waals surface area contributed by atoms with Gasteiger partial charge in [-0.25, -0.2) is 0 Å². The number of halogens is 1. The quantitative estimate of drug-likeness (QED) is 0.934. The number of aryl methyl sites for hydroxylation is 3. The normalized spacial score (nSPS) is 12.9. The zero-order valence-electron chi connectivity index (χ0n) is 10.8. The predicted molar refractivity (Wildman–Crippen MR) is 78.0 cm³/mol. The van der Waals surface area contributed by atoms with Crippen molar-refractivity contribution in [2.45, 2.75) is 32.8 Å². The van der Waals surface area contributed by atoms with Gasteiger partial charge >= 0.3 is 0 Å². The number of hydrogen-bond acceptors (Lipinski definition) is 3. The van der Waals surface area contributed by atoms with Crippen molar-refractivity contribution in [2.24, 2.45) is 7.05 Å². The zero-order chi connectivity index (χ0) is 13.3. The molecule has 2 heterocycles. The molecule has 0 fully saturated rings. The number of aliphatic hydroxyl groups is 1. The number of rotatable bonds is 4. The molecular formula is C13H17BrN2OS. The minimum absolute atomic E-state index is 0.458. The molecule has 0 bridgehead atoms. The van der Waals surface area contributed by atoms with E-state index in [1.54, 1.807) is 11.3 Å². The Hall–Kier alpha value is -0.650. The van der Waals surface area contributed by atoms with Crippen molar-refractivity contribution in [3.05, 3.63) is 37.7 Å².